The molecule has 1 aliphatic rings. The van der Waals surface area contributed by atoms with Gasteiger partial charge in [-0.05, 0) is 38.3 Å². The van der Waals surface area contributed by atoms with Gasteiger partial charge in [-0.15, -0.1) is 0 Å². The van der Waals surface area contributed by atoms with Gasteiger partial charge >= 0.3 is 0 Å². The first-order valence-electron chi connectivity index (χ1n) is 6.40. The van der Waals surface area contributed by atoms with Crippen LogP contribution in [0.5, 0.6) is 0 Å². The zero-order valence-electron chi connectivity index (χ0n) is 10.6. The Morgan fingerprint density at radius 3 is 3.06 bits per heavy atom. The first-order chi connectivity index (χ1) is 8.68. The van der Waals surface area contributed by atoms with Crippen LogP contribution in [0.4, 0.5) is 11.4 Å². The lowest BCUT2D eigenvalue weighted by Crippen LogP contribution is -2.24. The highest BCUT2D eigenvalue weighted by molar-refractivity contribution is 5.65. The molecule has 0 unspecified atom stereocenters. The van der Waals surface area contributed by atoms with Gasteiger partial charge in [0.1, 0.15) is 5.69 Å². The van der Waals surface area contributed by atoms with E-state index in [9.17, 15) is 10.1 Å². The highest BCUT2D eigenvalue weighted by Gasteiger charge is 2.17. The third-order valence-electron chi connectivity index (χ3n) is 3.40. The summed E-state index contributed by atoms with van der Waals surface area (Å²) in [6, 6.07) is 5.71. The lowest BCUT2D eigenvalue weighted by Gasteiger charge is -2.13. The van der Waals surface area contributed by atoms with Crippen LogP contribution in [-0.4, -0.2) is 24.1 Å². The maximum Gasteiger partial charge on any atom is 0.292 e. The fourth-order valence-electron chi connectivity index (χ4n) is 2.41. The van der Waals surface area contributed by atoms with E-state index in [1.807, 2.05) is 13.0 Å². The second-order valence-corrected chi connectivity index (χ2v) is 4.73. The summed E-state index contributed by atoms with van der Waals surface area (Å²) in [6.07, 6.45) is 3.44. The summed E-state index contributed by atoms with van der Waals surface area (Å²) in [6.45, 7) is 3.75. The van der Waals surface area contributed by atoms with E-state index < -0.39 is 0 Å². The summed E-state index contributed by atoms with van der Waals surface area (Å²) in [7, 11) is 0. The third-order valence-corrected chi connectivity index (χ3v) is 3.40. The standard InChI is InChI=1S/C13H19N3O2/c1-10-4-2-6-12(16(17)18)13(10)15-9-7-11-5-3-8-14-11/h2,4,6,11,14-15H,3,5,7-9H2,1H3/t11-/m0/s1. The van der Waals surface area contributed by atoms with Crippen molar-refractivity contribution in [1.29, 1.82) is 0 Å². The van der Waals surface area contributed by atoms with Gasteiger partial charge in [0, 0.05) is 18.7 Å². The van der Waals surface area contributed by atoms with Crippen molar-refractivity contribution < 1.29 is 4.92 Å². The first-order valence-corrected chi connectivity index (χ1v) is 6.40. The molecule has 2 rings (SSSR count). The lowest BCUT2D eigenvalue weighted by molar-refractivity contribution is -0.384. The van der Waals surface area contributed by atoms with Gasteiger partial charge in [-0.3, -0.25) is 10.1 Å². The normalized spacial score (nSPS) is 18.8. The Morgan fingerprint density at radius 2 is 2.39 bits per heavy atom. The van der Waals surface area contributed by atoms with Gasteiger partial charge in [0.25, 0.3) is 5.69 Å². The van der Waals surface area contributed by atoms with E-state index in [2.05, 4.69) is 10.6 Å². The molecule has 1 aromatic carbocycles. The van der Waals surface area contributed by atoms with E-state index in [0.717, 1.165) is 25.1 Å². The molecule has 5 heteroatoms. The average Bonchev–Trinajstić information content (AvgIpc) is 2.84. The van der Waals surface area contributed by atoms with Gasteiger partial charge in [0.15, 0.2) is 0 Å². The Kier molecular flexibility index (Phi) is 4.15. The third kappa shape index (κ3) is 2.98. The molecule has 18 heavy (non-hydrogen) atoms. The molecule has 0 amide bonds. The molecule has 1 aliphatic heterocycles. The molecule has 0 spiro atoms. The van der Waals surface area contributed by atoms with Crippen LogP contribution in [0.15, 0.2) is 18.2 Å². The fourth-order valence-corrected chi connectivity index (χ4v) is 2.41. The van der Waals surface area contributed by atoms with Gasteiger partial charge in [0.05, 0.1) is 4.92 Å². The van der Waals surface area contributed by atoms with Crippen molar-refractivity contribution in [2.45, 2.75) is 32.2 Å². The molecule has 5 nitrogen and oxygen atoms in total. The van der Waals surface area contributed by atoms with E-state index in [-0.39, 0.29) is 10.6 Å². The van der Waals surface area contributed by atoms with Crippen LogP contribution in [0.1, 0.15) is 24.8 Å². The lowest BCUT2D eigenvalue weighted by atomic mass is 10.1. The van der Waals surface area contributed by atoms with Crippen molar-refractivity contribution in [2.75, 3.05) is 18.4 Å². The maximum atomic E-state index is 10.9. The zero-order valence-corrected chi connectivity index (χ0v) is 10.6. The molecule has 0 aromatic heterocycles. The van der Waals surface area contributed by atoms with Crippen LogP contribution in [0, 0.1) is 17.0 Å². The zero-order chi connectivity index (χ0) is 13.0. The van der Waals surface area contributed by atoms with E-state index in [4.69, 9.17) is 0 Å². The topological polar surface area (TPSA) is 67.2 Å². The predicted molar refractivity (Wildman–Crippen MR) is 72.0 cm³/mol. The summed E-state index contributed by atoms with van der Waals surface area (Å²) >= 11 is 0. The van der Waals surface area contributed by atoms with Crippen molar-refractivity contribution in [1.82, 2.24) is 5.32 Å². The van der Waals surface area contributed by atoms with Crippen molar-refractivity contribution in [3.05, 3.63) is 33.9 Å². The number of nitro groups is 1. The van der Waals surface area contributed by atoms with Gasteiger partial charge in [-0.2, -0.15) is 0 Å². The Hall–Kier alpha value is -1.62. The minimum absolute atomic E-state index is 0.161. The Labute approximate surface area is 107 Å². The van der Waals surface area contributed by atoms with Gasteiger partial charge in [-0.1, -0.05) is 12.1 Å². The number of aryl methyl sites for hydroxylation is 1. The fraction of sp³-hybridized carbons (Fsp3) is 0.538. The molecule has 0 radical (unpaired) electrons. The Morgan fingerprint density at radius 1 is 1.56 bits per heavy atom. The van der Waals surface area contributed by atoms with E-state index in [0.29, 0.717) is 11.7 Å². The second kappa shape index (κ2) is 5.82. The van der Waals surface area contributed by atoms with E-state index in [1.165, 1.54) is 12.8 Å². The summed E-state index contributed by atoms with van der Waals surface area (Å²) in [5.41, 5.74) is 1.73. The molecule has 2 N–H and O–H groups in total. The summed E-state index contributed by atoms with van der Waals surface area (Å²) in [4.78, 5) is 10.6. The van der Waals surface area contributed by atoms with Crippen LogP contribution in [0.3, 0.4) is 0 Å². The number of nitro benzene ring substituents is 1. The molecule has 0 aliphatic carbocycles. The van der Waals surface area contributed by atoms with Crippen LogP contribution < -0.4 is 10.6 Å². The minimum atomic E-state index is -0.330. The quantitative estimate of drug-likeness (QED) is 0.621. The maximum absolute atomic E-state index is 10.9. The van der Waals surface area contributed by atoms with Crippen LogP contribution >= 0.6 is 0 Å². The van der Waals surface area contributed by atoms with Crippen LogP contribution in [-0.2, 0) is 0 Å². The number of benzene rings is 1. The molecular weight excluding hydrogens is 230 g/mol. The monoisotopic (exact) mass is 249 g/mol. The molecule has 1 aromatic rings. The Balaban J connectivity index is 1.97. The van der Waals surface area contributed by atoms with Crippen molar-refractivity contribution in [2.24, 2.45) is 0 Å². The molecule has 0 saturated carbocycles. The second-order valence-electron chi connectivity index (χ2n) is 4.73. The average molecular weight is 249 g/mol. The Bertz CT molecular complexity index is 428. The molecule has 98 valence electrons. The molecular formula is C13H19N3O2. The SMILES string of the molecule is Cc1cccc([N+](=O)[O-])c1NCC[C@@H]1CCCN1. The number of hydrogen-bond acceptors (Lipinski definition) is 4. The highest BCUT2D eigenvalue weighted by atomic mass is 16.6. The molecule has 1 heterocycles. The van der Waals surface area contributed by atoms with Crippen molar-refractivity contribution in [3.8, 4) is 0 Å². The number of hydrogen-bond donors (Lipinski definition) is 2. The predicted octanol–water partition coefficient (Wildman–Crippen LogP) is 2.46. The number of para-hydroxylation sites is 1. The first kappa shape index (κ1) is 12.8. The van der Waals surface area contributed by atoms with Crippen LogP contribution in [0.25, 0.3) is 0 Å². The van der Waals surface area contributed by atoms with Crippen molar-refractivity contribution >= 4 is 11.4 Å². The van der Waals surface area contributed by atoms with E-state index in [1.54, 1.807) is 12.1 Å². The number of rotatable bonds is 5. The molecule has 0 bridgehead atoms. The van der Waals surface area contributed by atoms with Crippen molar-refractivity contribution in [3.63, 3.8) is 0 Å². The largest absolute Gasteiger partial charge is 0.379 e. The smallest absolute Gasteiger partial charge is 0.292 e. The summed E-state index contributed by atoms with van der Waals surface area (Å²) < 4.78 is 0. The van der Waals surface area contributed by atoms with Gasteiger partial charge < -0.3 is 10.6 Å². The minimum Gasteiger partial charge on any atom is -0.379 e. The number of nitrogens with zero attached hydrogens (tertiary/aromatic N) is 1. The summed E-state index contributed by atoms with van der Waals surface area (Å²) in [5.74, 6) is 0. The summed E-state index contributed by atoms with van der Waals surface area (Å²) in [5, 5.41) is 17.6. The number of nitrogens with one attached hydrogen (secondary N) is 2. The molecule has 1 fully saturated rings. The molecule has 1 atom stereocenters. The number of anilines is 1. The van der Waals surface area contributed by atoms with Gasteiger partial charge in [0.2, 0.25) is 0 Å². The highest BCUT2D eigenvalue weighted by Crippen LogP contribution is 2.27. The van der Waals surface area contributed by atoms with Crippen LogP contribution in [0.2, 0.25) is 0 Å². The van der Waals surface area contributed by atoms with E-state index >= 15 is 0 Å². The van der Waals surface area contributed by atoms with Gasteiger partial charge in [-0.25, -0.2) is 0 Å². The molecule has 1 saturated heterocycles.